The van der Waals surface area contributed by atoms with Crippen LogP contribution in [0.15, 0.2) is 71.6 Å². The Balaban J connectivity index is 1.50. The van der Waals surface area contributed by atoms with E-state index in [1.807, 2.05) is 30.5 Å². The molecule has 1 atom stereocenters. The van der Waals surface area contributed by atoms with Gasteiger partial charge in [0.2, 0.25) is 5.65 Å². The molecule has 0 bridgehead atoms. The molecule has 1 aliphatic rings. The standard InChI is InChI=1S/C29H27N7O2/c1-19-3-5-22(6-4-19)27-26(21-7-9-23(30-2)10-8-21)34-29(37-18-20-11-13-31-15-20)28-33-24(17-36(27)28)16-32-25-12-14-38-35-25/h3-10,12,14,17,20,31H,11,13,15-16,18H2,1H3,(H,32,35)/t20-/m1/s1. The molecule has 9 heteroatoms. The molecular formula is C29H27N7O2. The van der Waals surface area contributed by atoms with Gasteiger partial charge in [-0.3, -0.25) is 4.40 Å². The summed E-state index contributed by atoms with van der Waals surface area (Å²) in [5, 5.41) is 10.6. The Morgan fingerprint density at radius 2 is 1.92 bits per heavy atom. The first-order chi connectivity index (χ1) is 18.7. The predicted octanol–water partition coefficient (Wildman–Crippen LogP) is 5.51. The van der Waals surface area contributed by atoms with Gasteiger partial charge in [-0.15, -0.1) is 0 Å². The molecule has 190 valence electrons. The minimum atomic E-state index is 0.429. The van der Waals surface area contributed by atoms with Crippen LogP contribution in [-0.2, 0) is 6.54 Å². The fraction of sp³-hybridized carbons (Fsp3) is 0.241. The van der Waals surface area contributed by atoms with Crippen LogP contribution in [-0.4, -0.2) is 39.2 Å². The van der Waals surface area contributed by atoms with E-state index in [0.29, 0.717) is 42.1 Å². The van der Waals surface area contributed by atoms with Crippen molar-refractivity contribution in [3.63, 3.8) is 0 Å². The molecule has 38 heavy (non-hydrogen) atoms. The number of hydrogen-bond donors (Lipinski definition) is 2. The van der Waals surface area contributed by atoms with Crippen molar-refractivity contribution in [1.82, 2.24) is 24.8 Å². The zero-order valence-corrected chi connectivity index (χ0v) is 21.0. The molecule has 1 saturated heterocycles. The van der Waals surface area contributed by atoms with E-state index >= 15 is 0 Å². The molecule has 2 N–H and O–H groups in total. The number of ether oxygens (including phenoxy) is 1. The number of aryl methyl sites for hydroxylation is 1. The van der Waals surface area contributed by atoms with Gasteiger partial charge in [0.25, 0.3) is 5.88 Å². The summed E-state index contributed by atoms with van der Waals surface area (Å²) in [5.41, 5.74) is 6.82. The number of aromatic nitrogens is 4. The van der Waals surface area contributed by atoms with Crippen molar-refractivity contribution in [3.05, 3.63) is 89.7 Å². The molecule has 0 saturated carbocycles. The van der Waals surface area contributed by atoms with Crippen LogP contribution in [0.5, 0.6) is 5.88 Å². The Morgan fingerprint density at radius 1 is 1.11 bits per heavy atom. The predicted molar refractivity (Wildman–Crippen MR) is 145 cm³/mol. The number of benzene rings is 2. The fourth-order valence-corrected chi connectivity index (χ4v) is 4.67. The molecule has 2 aromatic carbocycles. The van der Waals surface area contributed by atoms with Gasteiger partial charge in [-0.2, -0.15) is 0 Å². The van der Waals surface area contributed by atoms with Crippen molar-refractivity contribution in [2.75, 3.05) is 25.0 Å². The van der Waals surface area contributed by atoms with E-state index in [9.17, 15) is 0 Å². The van der Waals surface area contributed by atoms with Crippen molar-refractivity contribution in [2.24, 2.45) is 5.92 Å². The summed E-state index contributed by atoms with van der Waals surface area (Å²) < 4.78 is 13.4. The molecule has 3 aromatic heterocycles. The molecule has 1 fully saturated rings. The molecule has 0 amide bonds. The molecule has 4 heterocycles. The van der Waals surface area contributed by atoms with Gasteiger partial charge in [0.05, 0.1) is 36.8 Å². The molecule has 0 radical (unpaired) electrons. The average Bonchev–Trinajstić information content (AvgIpc) is 3.73. The van der Waals surface area contributed by atoms with E-state index in [4.69, 9.17) is 25.8 Å². The van der Waals surface area contributed by atoms with Crippen molar-refractivity contribution in [3.8, 4) is 28.4 Å². The van der Waals surface area contributed by atoms with Gasteiger partial charge in [-0.1, -0.05) is 59.3 Å². The van der Waals surface area contributed by atoms with Gasteiger partial charge < -0.3 is 19.9 Å². The first-order valence-corrected chi connectivity index (χ1v) is 12.6. The zero-order valence-electron chi connectivity index (χ0n) is 21.0. The lowest BCUT2D eigenvalue weighted by atomic mass is 10.0. The number of rotatable bonds is 8. The third-order valence-electron chi connectivity index (χ3n) is 6.73. The van der Waals surface area contributed by atoms with E-state index in [1.165, 1.54) is 11.8 Å². The number of nitrogens with one attached hydrogen (secondary N) is 2. The first kappa shape index (κ1) is 23.7. The minimum Gasteiger partial charge on any atom is -0.475 e. The van der Waals surface area contributed by atoms with Gasteiger partial charge in [0.15, 0.2) is 11.5 Å². The van der Waals surface area contributed by atoms with Gasteiger partial charge >= 0.3 is 0 Å². The lowest BCUT2D eigenvalue weighted by molar-refractivity contribution is 0.253. The first-order valence-electron chi connectivity index (χ1n) is 12.6. The van der Waals surface area contributed by atoms with Crippen LogP contribution < -0.4 is 15.4 Å². The number of imidazole rings is 1. The van der Waals surface area contributed by atoms with Crippen molar-refractivity contribution in [1.29, 1.82) is 0 Å². The number of anilines is 1. The van der Waals surface area contributed by atoms with Crippen molar-refractivity contribution in [2.45, 2.75) is 19.9 Å². The van der Waals surface area contributed by atoms with E-state index < -0.39 is 0 Å². The summed E-state index contributed by atoms with van der Waals surface area (Å²) in [6.07, 6.45) is 4.62. The van der Waals surface area contributed by atoms with Crippen LogP contribution in [0.25, 0.3) is 33.0 Å². The molecule has 9 nitrogen and oxygen atoms in total. The minimum absolute atomic E-state index is 0.429. The third kappa shape index (κ3) is 4.82. The van der Waals surface area contributed by atoms with E-state index in [2.05, 4.69) is 56.2 Å². The van der Waals surface area contributed by atoms with E-state index in [0.717, 1.165) is 47.7 Å². The Bertz CT molecular complexity index is 1580. The van der Waals surface area contributed by atoms with E-state index in [-0.39, 0.29) is 0 Å². The summed E-state index contributed by atoms with van der Waals surface area (Å²) in [4.78, 5) is 13.5. The van der Waals surface area contributed by atoms with Crippen LogP contribution in [0.3, 0.4) is 0 Å². The van der Waals surface area contributed by atoms with Crippen LogP contribution in [0.2, 0.25) is 0 Å². The molecule has 6 rings (SSSR count). The second-order valence-electron chi connectivity index (χ2n) is 9.47. The maximum atomic E-state index is 7.34. The summed E-state index contributed by atoms with van der Waals surface area (Å²) in [5.74, 6) is 1.56. The number of hydrogen-bond acceptors (Lipinski definition) is 7. The fourth-order valence-electron chi connectivity index (χ4n) is 4.67. The van der Waals surface area contributed by atoms with Crippen LogP contribution in [0, 0.1) is 19.4 Å². The molecular weight excluding hydrogens is 478 g/mol. The summed E-state index contributed by atoms with van der Waals surface area (Å²) in [6, 6.07) is 17.7. The maximum Gasteiger partial charge on any atom is 0.259 e. The SMILES string of the molecule is [C-]#[N+]c1ccc(-c2nc(OC[C@@H]3CCNC3)c3nc(CNc4ccon4)cn3c2-c2ccc(C)cc2)cc1. The Hall–Kier alpha value is -4.68. The lowest BCUT2D eigenvalue weighted by Gasteiger charge is -2.17. The average molecular weight is 506 g/mol. The molecule has 0 aliphatic carbocycles. The number of nitrogens with zero attached hydrogens (tertiary/aromatic N) is 5. The Morgan fingerprint density at radius 3 is 2.63 bits per heavy atom. The Labute approximate surface area is 220 Å². The zero-order chi connectivity index (χ0) is 25.9. The molecule has 5 aromatic rings. The second kappa shape index (κ2) is 10.4. The highest BCUT2D eigenvalue weighted by Gasteiger charge is 2.22. The van der Waals surface area contributed by atoms with Crippen LogP contribution >= 0.6 is 0 Å². The number of fused-ring (bicyclic) bond motifs is 1. The van der Waals surface area contributed by atoms with Crippen LogP contribution in [0.1, 0.15) is 17.7 Å². The highest BCUT2D eigenvalue weighted by Crippen LogP contribution is 2.36. The van der Waals surface area contributed by atoms with Gasteiger partial charge in [-0.05, 0) is 25.5 Å². The normalized spacial score (nSPS) is 15.0. The van der Waals surface area contributed by atoms with Crippen molar-refractivity contribution < 1.29 is 9.26 Å². The van der Waals surface area contributed by atoms with E-state index in [1.54, 1.807) is 6.07 Å². The van der Waals surface area contributed by atoms with Gasteiger partial charge in [-0.25, -0.2) is 14.8 Å². The monoisotopic (exact) mass is 505 g/mol. The quantitative estimate of drug-likeness (QED) is 0.269. The lowest BCUT2D eigenvalue weighted by Crippen LogP contribution is -2.16. The van der Waals surface area contributed by atoms with Gasteiger partial charge in [0.1, 0.15) is 6.26 Å². The van der Waals surface area contributed by atoms with Gasteiger partial charge in [0, 0.05) is 30.3 Å². The highest BCUT2D eigenvalue weighted by atomic mass is 16.5. The topological polar surface area (TPSA) is 93.9 Å². The molecule has 0 unspecified atom stereocenters. The van der Waals surface area contributed by atoms with Crippen molar-refractivity contribution >= 4 is 17.2 Å². The molecule has 1 aliphatic heterocycles. The summed E-state index contributed by atoms with van der Waals surface area (Å²) in [6.45, 7) is 12.4. The Kier molecular flexibility index (Phi) is 6.46. The molecule has 0 spiro atoms. The largest absolute Gasteiger partial charge is 0.475 e. The summed E-state index contributed by atoms with van der Waals surface area (Å²) in [7, 11) is 0. The second-order valence-corrected chi connectivity index (χ2v) is 9.47. The smallest absolute Gasteiger partial charge is 0.259 e. The summed E-state index contributed by atoms with van der Waals surface area (Å²) >= 11 is 0. The highest BCUT2D eigenvalue weighted by molar-refractivity contribution is 5.82. The third-order valence-corrected chi connectivity index (χ3v) is 6.73. The van der Waals surface area contributed by atoms with Crippen LogP contribution in [0.4, 0.5) is 11.5 Å². The maximum absolute atomic E-state index is 7.34.